The van der Waals surface area contributed by atoms with E-state index in [9.17, 15) is 4.79 Å². The number of aromatic nitrogens is 1. The van der Waals surface area contributed by atoms with Crippen LogP contribution in [0.2, 0.25) is 0 Å². The second kappa shape index (κ2) is 7.53. The molecule has 0 radical (unpaired) electrons. The van der Waals surface area contributed by atoms with Gasteiger partial charge in [0.05, 0.1) is 6.04 Å². The average Bonchev–Trinajstić information content (AvgIpc) is 3.11. The summed E-state index contributed by atoms with van der Waals surface area (Å²) in [6.45, 7) is 2.20. The van der Waals surface area contributed by atoms with Gasteiger partial charge in [-0.3, -0.25) is 0 Å². The number of ether oxygens (including phenoxy) is 1. The number of carboxylic acid groups (broad SMARTS) is 1. The highest BCUT2D eigenvalue weighted by Crippen LogP contribution is 2.25. The minimum atomic E-state index is -1.11. The molecular formula is C19H18N2O4. The zero-order valence-electron chi connectivity index (χ0n) is 13.7. The maximum Gasteiger partial charge on any atom is 0.405 e. The van der Waals surface area contributed by atoms with Crippen LogP contribution in [-0.2, 0) is 6.61 Å². The third-order valence-corrected chi connectivity index (χ3v) is 3.69. The largest absolute Gasteiger partial charge is 0.489 e. The van der Waals surface area contributed by atoms with Crippen molar-refractivity contribution in [2.45, 2.75) is 19.6 Å². The molecule has 0 bridgehead atoms. The molecular weight excluding hydrogens is 320 g/mol. The van der Waals surface area contributed by atoms with E-state index in [1.165, 1.54) is 0 Å². The lowest BCUT2D eigenvalue weighted by molar-refractivity contribution is 0.188. The Hall–Kier alpha value is -3.28. The van der Waals surface area contributed by atoms with Gasteiger partial charge in [-0.05, 0) is 36.8 Å². The van der Waals surface area contributed by atoms with Crippen LogP contribution in [0, 0.1) is 0 Å². The third kappa shape index (κ3) is 4.38. The number of hydrogen-bond acceptors (Lipinski definition) is 4. The first-order chi connectivity index (χ1) is 12.1. The topological polar surface area (TPSA) is 84.6 Å². The maximum atomic E-state index is 10.7. The Morgan fingerprint density at radius 1 is 1.20 bits per heavy atom. The lowest BCUT2D eigenvalue weighted by Crippen LogP contribution is -2.23. The zero-order valence-corrected chi connectivity index (χ0v) is 13.7. The van der Waals surface area contributed by atoms with E-state index in [4.69, 9.17) is 14.4 Å². The van der Waals surface area contributed by atoms with Crippen LogP contribution in [0.25, 0.3) is 11.3 Å². The van der Waals surface area contributed by atoms with Crippen molar-refractivity contribution in [2.24, 2.45) is 0 Å². The molecule has 0 aliphatic carbocycles. The molecule has 2 aromatic carbocycles. The Balaban J connectivity index is 1.64. The van der Waals surface area contributed by atoms with Crippen molar-refractivity contribution in [3.63, 3.8) is 0 Å². The Labute approximate surface area is 145 Å². The summed E-state index contributed by atoms with van der Waals surface area (Å²) in [6.07, 6.45) is -1.11. The molecule has 0 fully saturated rings. The van der Waals surface area contributed by atoms with Crippen LogP contribution in [0.5, 0.6) is 5.75 Å². The zero-order chi connectivity index (χ0) is 17.6. The predicted molar refractivity (Wildman–Crippen MR) is 92.3 cm³/mol. The predicted octanol–water partition coefficient (Wildman–Crippen LogP) is 4.25. The molecule has 2 N–H and O–H groups in total. The Morgan fingerprint density at radius 2 is 1.92 bits per heavy atom. The minimum Gasteiger partial charge on any atom is -0.489 e. The lowest BCUT2D eigenvalue weighted by atomic mass is 10.1. The van der Waals surface area contributed by atoms with Gasteiger partial charge in [0, 0.05) is 11.6 Å². The first kappa shape index (κ1) is 16.6. The summed E-state index contributed by atoms with van der Waals surface area (Å²) < 4.78 is 11.0. The van der Waals surface area contributed by atoms with Crippen LogP contribution in [0.3, 0.4) is 0 Å². The summed E-state index contributed by atoms with van der Waals surface area (Å²) in [5.41, 5.74) is 2.61. The van der Waals surface area contributed by atoms with Gasteiger partial charge in [0.25, 0.3) is 0 Å². The average molecular weight is 338 g/mol. The summed E-state index contributed by atoms with van der Waals surface area (Å²) in [5, 5.41) is 15.1. The highest BCUT2D eigenvalue weighted by Gasteiger charge is 2.15. The number of benzene rings is 2. The molecule has 6 heteroatoms. The van der Waals surface area contributed by atoms with Gasteiger partial charge in [-0.25, -0.2) is 4.79 Å². The Kier molecular flexibility index (Phi) is 4.99. The Morgan fingerprint density at radius 3 is 2.60 bits per heavy atom. The first-order valence-corrected chi connectivity index (χ1v) is 7.85. The van der Waals surface area contributed by atoms with Gasteiger partial charge >= 0.3 is 6.09 Å². The minimum absolute atomic E-state index is 0.460. The Bertz CT molecular complexity index is 828. The van der Waals surface area contributed by atoms with Crippen LogP contribution in [0.1, 0.15) is 24.3 Å². The summed E-state index contributed by atoms with van der Waals surface area (Å²) in [7, 11) is 0. The van der Waals surface area contributed by atoms with Gasteiger partial charge in [-0.15, -0.1) is 0 Å². The molecule has 0 spiro atoms. The summed E-state index contributed by atoms with van der Waals surface area (Å²) >= 11 is 0. The molecule has 0 aliphatic heterocycles. The molecule has 0 saturated carbocycles. The van der Waals surface area contributed by atoms with Gasteiger partial charge in [-0.2, -0.15) is 0 Å². The molecule has 1 heterocycles. The van der Waals surface area contributed by atoms with Crippen molar-refractivity contribution >= 4 is 6.09 Å². The van der Waals surface area contributed by atoms with Crippen LogP contribution in [0.15, 0.2) is 65.2 Å². The van der Waals surface area contributed by atoms with Crippen LogP contribution < -0.4 is 10.1 Å². The SMILES string of the molecule is CC(NC(=O)O)c1cc(-c2ccc(OCc3ccccc3)cc2)no1. The van der Waals surface area contributed by atoms with E-state index in [2.05, 4.69) is 10.5 Å². The second-order valence-electron chi connectivity index (χ2n) is 5.58. The molecule has 0 saturated heterocycles. The van der Waals surface area contributed by atoms with E-state index in [1.807, 2.05) is 54.6 Å². The summed E-state index contributed by atoms with van der Waals surface area (Å²) in [6, 6.07) is 18.7. The molecule has 3 rings (SSSR count). The third-order valence-electron chi connectivity index (χ3n) is 3.69. The molecule has 3 aromatic rings. The van der Waals surface area contributed by atoms with E-state index < -0.39 is 12.1 Å². The van der Waals surface area contributed by atoms with Gasteiger partial charge in [0.2, 0.25) is 0 Å². The van der Waals surface area contributed by atoms with Crippen LogP contribution in [-0.4, -0.2) is 16.4 Å². The van der Waals surface area contributed by atoms with E-state index in [0.29, 0.717) is 18.1 Å². The smallest absolute Gasteiger partial charge is 0.405 e. The van der Waals surface area contributed by atoms with Crippen LogP contribution in [0.4, 0.5) is 4.79 Å². The van der Waals surface area contributed by atoms with E-state index in [-0.39, 0.29) is 0 Å². The van der Waals surface area contributed by atoms with Crippen molar-refractivity contribution in [3.05, 3.63) is 72.0 Å². The highest BCUT2D eigenvalue weighted by molar-refractivity contribution is 5.65. The van der Waals surface area contributed by atoms with Gasteiger partial charge in [-0.1, -0.05) is 35.5 Å². The van der Waals surface area contributed by atoms with Gasteiger partial charge in [0.1, 0.15) is 18.1 Å². The number of carbonyl (C=O) groups is 1. The fourth-order valence-corrected chi connectivity index (χ4v) is 2.35. The number of amides is 1. The summed E-state index contributed by atoms with van der Waals surface area (Å²) in [5.74, 6) is 1.22. The van der Waals surface area contributed by atoms with Crippen molar-refractivity contribution in [3.8, 4) is 17.0 Å². The molecule has 1 unspecified atom stereocenters. The normalized spacial score (nSPS) is 11.7. The number of nitrogens with zero attached hydrogens (tertiary/aromatic N) is 1. The van der Waals surface area contributed by atoms with Crippen molar-refractivity contribution in [1.82, 2.24) is 10.5 Å². The molecule has 1 atom stereocenters. The maximum absolute atomic E-state index is 10.7. The molecule has 128 valence electrons. The quantitative estimate of drug-likeness (QED) is 0.702. The fraction of sp³-hybridized carbons (Fsp3) is 0.158. The van der Waals surface area contributed by atoms with Crippen molar-refractivity contribution in [2.75, 3.05) is 0 Å². The van der Waals surface area contributed by atoms with E-state index >= 15 is 0 Å². The van der Waals surface area contributed by atoms with Gasteiger partial charge in [0.15, 0.2) is 5.76 Å². The second-order valence-corrected chi connectivity index (χ2v) is 5.58. The number of hydrogen-bond donors (Lipinski definition) is 2. The molecule has 1 amide bonds. The fourth-order valence-electron chi connectivity index (χ4n) is 2.35. The molecule has 1 aromatic heterocycles. The van der Waals surface area contributed by atoms with Crippen LogP contribution >= 0.6 is 0 Å². The molecule has 25 heavy (non-hydrogen) atoms. The van der Waals surface area contributed by atoms with E-state index in [1.54, 1.807) is 13.0 Å². The lowest BCUT2D eigenvalue weighted by Gasteiger charge is -2.06. The standard InChI is InChI=1S/C19H18N2O4/c1-13(20-19(22)23)18-11-17(21-25-18)15-7-9-16(10-8-15)24-12-14-5-3-2-4-6-14/h2-11,13,20H,12H2,1H3,(H,22,23). The number of rotatable bonds is 6. The monoisotopic (exact) mass is 338 g/mol. The first-order valence-electron chi connectivity index (χ1n) is 7.85. The van der Waals surface area contributed by atoms with E-state index in [0.717, 1.165) is 16.9 Å². The van der Waals surface area contributed by atoms with Gasteiger partial charge < -0.3 is 19.7 Å². The number of nitrogens with one attached hydrogen (secondary N) is 1. The molecule has 6 nitrogen and oxygen atoms in total. The van der Waals surface area contributed by atoms with Crippen molar-refractivity contribution < 1.29 is 19.2 Å². The van der Waals surface area contributed by atoms with Crippen molar-refractivity contribution in [1.29, 1.82) is 0 Å². The highest BCUT2D eigenvalue weighted by atomic mass is 16.5. The summed E-state index contributed by atoms with van der Waals surface area (Å²) in [4.78, 5) is 10.7. The molecule has 0 aliphatic rings.